The molecule has 33 heavy (non-hydrogen) atoms. The number of furan rings is 1. The molecule has 1 unspecified atom stereocenters. The lowest BCUT2D eigenvalue weighted by atomic mass is 9.98. The average molecular weight is 470 g/mol. The van der Waals surface area contributed by atoms with Crippen LogP contribution in [0.15, 0.2) is 50.4 Å². The lowest BCUT2D eigenvalue weighted by Crippen LogP contribution is -2.44. The molecule has 1 fully saturated rings. The zero-order valence-electron chi connectivity index (χ0n) is 18.9. The van der Waals surface area contributed by atoms with Crippen LogP contribution in [-0.4, -0.2) is 36.9 Å². The fourth-order valence-electron chi connectivity index (χ4n) is 4.04. The van der Waals surface area contributed by atoms with Crippen molar-refractivity contribution in [3.63, 3.8) is 0 Å². The number of hydrogen-bond donors (Lipinski definition) is 1. The predicted molar refractivity (Wildman–Crippen MR) is 125 cm³/mol. The first-order chi connectivity index (χ1) is 15.8. The van der Waals surface area contributed by atoms with Crippen LogP contribution in [-0.2, 0) is 14.8 Å². The van der Waals surface area contributed by atoms with E-state index >= 15 is 0 Å². The smallest absolute Gasteiger partial charge is 0.248 e. The molecule has 8 nitrogen and oxygen atoms in total. The van der Waals surface area contributed by atoms with Crippen molar-refractivity contribution in [1.29, 1.82) is 0 Å². The number of nitrogens with zero attached hydrogens (tertiary/aromatic N) is 2. The summed E-state index contributed by atoms with van der Waals surface area (Å²) in [6.45, 7) is 5.96. The predicted octanol–water partition coefficient (Wildman–Crippen LogP) is 4.40. The van der Waals surface area contributed by atoms with Gasteiger partial charge in [-0.25, -0.2) is 8.42 Å². The van der Waals surface area contributed by atoms with Crippen molar-refractivity contribution >= 4 is 33.8 Å². The van der Waals surface area contributed by atoms with E-state index in [4.69, 9.17) is 8.94 Å². The van der Waals surface area contributed by atoms with Crippen LogP contribution >= 0.6 is 0 Å². The highest BCUT2D eigenvalue weighted by atomic mass is 32.2. The van der Waals surface area contributed by atoms with Crippen molar-refractivity contribution < 1.29 is 22.2 Å². The molecule has 0 radical (unpaired) electrons. The maximum atomic E-state index is 13.5. The molecule has 1 aromatic carbocycles. The van der Waals surface area contributed by atoms with Crippen LogP contribution < -0.4 is 5.32 Å². The molecule has 3 aromatic rings. The van der Waals surface area contributed by atoms with E-state index in [0.29, 0.717) is 25.1 Å². The van der Waals surface area contributed by atoms with Crippen molar-refractivity contribution in [3.05, 3.63) is 64.9 Å². The van der Waals surface area contributed by atoms with Gasteiger partial charge < -0.3 is 14.3 Å². The quantitative estimate of drug-likeness (QED) is 0.574. The van der Waals surface area contributed by atoms with E-state index in [0.717, 1.165) is 16.8 Å². The van der Waals surface area contributed by atoms with Gasteiger partial charge in [-0.2, -0.15) is 4.31 Å². The fraction of sp³-hybridized carbons (Fsp3) is 0.333. The Kier molecular flexibility index (Phi) is 6.53. The molecule has 1 amide bonds. The maximum Gasteiger partial charge on any atom is 0.248 e. The average Bonchev–Trinajstić information content (AvgIpc) is 3.44. The number of carbonyl (C=O) groups is 1. The minimum absolute atomic E-state index is 0.0146. The molecule has 4 rings (SSSR count). The van der Waals surface area contributed by atoms with E-state index in [9.17, 15) is 13.2 Å². The molecule has 1 aliphatic heterocycles. The van der Waals surface area contributed by atoms with Crippen molar-refractivity contribution in [2.45, 2.75) is 38.5 Å². The molecule has 3 heterocycles. The Morgan fingerprint density at radius 2 is 2.03 bits per heavy atom. The van der Waals surface area contributed by atoms with E-state index in [1.807, 2.05) is 32.0 Å². The maximum absolute atomic E-state index is 13.5. The number of anilines is 1. The number of aryl methyl sites for hydroxylation is 3. The van der Waals surface area contributed by atoms with Crippen LogP contribution in [0, 0.1) is 26.7 Å². The first-order valence-electron chi connectivity index (χ1n) is 10.8. The Labute approximate surface area is 193 Å². The third-order valence-electron chi connectivity index (χ3n) is 5.77. The Balaban J connectivity index is 1.53. The summed E-state index contributed by atoms with van der Waals surface area (Å²) in [4.78, 5) is 13.0. The zero-order chi connectivity index (χ0) is 23.6. The van der Waals surface area contributed by atoms with E-state index in [1.165, 1.54) is 16.6 Å². The second kappa shape index (κ2) is 9.36. The molecule has 1 aliphatic rings. The lowest BCUT2D eigenvalue weighted by Gasteiger charge is -2.31. The number of benzene rings is 1. The highest BCUT2D eigenvalue weighted by molar-refractivity contribution is 7.89. The molecule has 9 heteroatoms. The number of sulfonamides is 1. The lowest BCUT2D eigenvalue weighted by molar-refractivity contribution is -0.120. The van der Waals surface area contributed by atoms with E-state index < -0.39 is 15.9 Å². The molecule has 0 aliphatic carbocycles. The molecule has 1 N–H and O–H groups in total. The van der Waals surface area contributed by atoms with Gasteiger partial charge in [-0.15, -0.1) is 0 Å². The summed E-state index contributed by atoms with van der Waals surface area (Å²) in [5.74, 6) is 0.0672. The van der Waals surface area contributed by atoms with Crippen LogP contribution in [0.3, 0.4) is 0 Å². The van der Waals surface area contributed by atoms with Crippen LogP contribution in [0.2, 0.25) is 0 Å². The second-order valence-electron chi connectivity index (χ2n) is 8.32. The number of nitrogens with one attached hydrogen (secondary N) is 1. The summed E-state index contributed by atoms with van der Waals surface area (Å²) in [5, 5.41) is 6.82. The number of hydrogen-bond acceptors (Lipinski definition) is 6. The molecule has 0 spiro atoms. The zero-order valence-corrected chi connectivity index (χ0v) is 19.7. The van der Waals surface area contributed by atoms with Crippen molar-refractivity contribution in [1.82, 2.24) is 9.46 Å². The Morgan fingerprint density at radius 3 is 2.76 bits per heavy atom. The highest BCUT2D eigenvalue weighted by Crippen LogP contribution is 2.30. The molecular weight excluding hydrogens is 442 g/mol. The SMILES string of the molecule is Cc1ccc(NC(=O)C2CCCN(S(=O)(=O)c3c(C)noc3C=Cc3ccco3)C2)c(C)c1. The first-order valence-corrected chi connectivity index (χ1v) is 12.3. The summed E-state index contributed by atoms with van der Waals surface area (Å²) in [5.41, 5.74) is 3.10. The topological polar surface area (TPSA) is 106 Å². The molecule has 0 saturated carbocycles. The number of piperidine rings is 1. The van der Waals surface area contributed by atoms with E-state index in [1.54, 1.807) is 25.1 Å². The molecule has 174 valence electrons. The van der Waals surface area contributed by atoms with Crippen LogP contribution in [0.4, 0.5) is 5.69 Å². The monoisotopic (exact) mass is 469 g/mol. The third kappa shape index (κ3) is 4.94. The number of aromatic nitrogens is 1. The van der Waals surface area contributed by atoms with Gasteiger partial charge in [0.1, 0.15) is 11.5 Å². The van der Waals surface area contributed by atoms with Crippen LogP contribution in [0.5, 0.6) is 0 Å². The van der Waals surface area contributed by atoms with Crippen LogP contribution in [0.1, 0.15) is 41.2 Å². The van der Waals surface area contributed by atoms with Gasteiger partial charge in [-0.1, -0.05) is 22.9 Å². The molecule has 1 atom stereocenters. The van der Waals surface area contributed by atoms with Crippen molar-refractivity contribution in [2.24, 2.45) is 5.92 Å². The largest absolute Gasteiger partial charge is 0.465 e. The number of rotatable bonds is 6. The van der Waals surface area contributed by atoms with Crippen molar-refractivity contribution in [2.75, 3.05) is 18.4 Å². The van der Waals surface area contributed by atoms with Gasteiger partial charge in [0.2, 0.25) is 15.9 Å². The van der Waals surface area contributed by atoms with Crippen molar-refractivity contribution in [3.8, 4) is 0 Å². The third-order valence-corrected chi connectivity index (χ3v) is 7.79. The number of carbonyl (C=O) groups excluding carboxylic acids is 1. The summed E-state index contributed by atoms with van der Waals surface area (Å²) in [7, 11) is -3.91. The van der Waals surface area contributed by atoms with Gasteiger partial charge in [0.05, 0.1) is 12.2 Å². The van der Waals surface area contributed by atoms with Gasteiger partial charge in [0.15, 0.2) is 10.7 Å². The van der Waals surface area contributed by atoms with Gasteiger partial charge in [0, 0.05) is 18.8 Å². The second-order valence-corrected chi connectivity index (χ2v) is 10.2. The van der Waals surface area contributed by atoms with E-state index in [-0.39, 0.29) is 28.8 Å². The summed E-state index contributed by atoms with van der Waals surface area (Å²) >= 11 is 0. The van der Waals surface area contributed by atoms with Gasteiger partial charge >= 0.3 is 0 Å². The standard InChI is InChI=1S/C24H27N3O5S/c1-16-8-10-21(17(2)14-16)25-24(28)19-6-4-12-27(15-19)33(29,30)23-18(3)26-32-22(23)11-9-20-7-5-13-31-20/h5,7-11,13-14,19H,4,6,12,15H2,1-3H3,(H,25,28). The van der Waals surface area contributed by atoms with Gasteiger partial charge in [-0.3, -0.25) is 4.79 Å². The minimum Gasteiger partial charge on any atom is -0.465 e. The minimum atomic E-state index is -3.91. The summed E-state index contributed by atoms with van der Waals surface area (Å²) in [6, 6.07) is 9.29. The normalized spacial score (nSPS) is 17.5. The Morgan fingerprint density at radius 1 is 1.21 bits per heavy atom. The summed E-state index contributed by atoms with van der Waals surface area (Å²) in [6.07, 6.45) is 5.89. The van der Waals surface area contributed by atoms with Gasteiger partial charge in [0.25, 0.3) is 0 Å². The molecule has 1 saturated heterocycles. The Bertz CT molecular complexity index is 1280. The fourth-order valence-corrected chi connectivity index (χ4v) is 5.81. The summed E-state index contributed by atoms with van der Waals surface area (Å²) < 4.78 is 38.9. The number of amides is 1. The molecular formula is C24H27N3O5S. The van der Waals surface area contributed by atoms with Gasteiger partial charge in [-0.05, 0) is 69.5 Å². The highest BCUT2D eigenvalue weighted by Gasteiger charge is 2.37. The molecule has 2 aromatic heterocycles. The Hall–Kier alpha value is -3.17. The first kappa shape index (κ1) is 23.0. The van der Waals surface area contributed by atoms with E-state index in [2.05, 4.69) is 10.5 Å². The molecule has 0 bridgehead atoms. The van der Waals surface area contributed by atoms with Crippen LogP contribution in [0.25, 0.3) is 12.2 Å².